The first kappa shape index (κ1) is 18.2. The smallest absolute Gasteiger partial charge is 0.260 e. The summed E-state index contributed by atoms with van der Waals surface area (Å²) < 4.78 is 0. The van der Waals surface area contributed by atoms with Crippen LogP contribution in [0.2, 0.25) is 0 Å². The van der Waals surface area contributed by atoms with Crippen molar-refractivity contribution in [1.82, 2.24) is 4.98 Å². The second-order valence-corrected chi connectivity index (χ2v) is 4.21. The number of pyridine rings is 1. The maximum absolute atomic E-state index is 4.38. The molecule has 0 spiro atoms. The van der Waals surface area contributed by atoms with Gasteiger partial charge in [-0.2, -0.15) is 0 Å². The molecule has 1 nitrogen and oxygen atoms in total. The van der Waals surface area contributed by atoms with E-state index < -0.39 is 0 Å². The molecule has 10 radical (unpaired) electrons. The SMILES string of the molecule is C=C[C]1[CH][CH][CH][C]1c1ncccc1C=C.[CH]1[CH][CH][CH][CH]1.[Fe+2]. The second-order valence-electron chi connectivity index (χ2n) is 4.21. The van der Waals surface area contributed by atoms with E-state index in [-0.39, 0.29) is 17.1 Å². The van der Waals surface area contributed by atoms with Gasteiger partial charge in [0, 0.05) is 18.0 Å². The van der Waals surface area contributed by atoms with E-state index in [1.54, 1.807) is 6.20 Å². The molecule has 104 valence electrons. The quantitative estimate of drug-likeness (QED) is 0.767. The van der Waals surface area contributed by atoms with Crippen LogP contribution < -0.4 is 0 Å². The van der Waals surface area contributed by atoms with E-state index in [1.165, 1.54) is 0 Å². The summed E-state index contributed by atoms with van der Waals surface area (Å²) in [4.78, 5) is 4.38. The molecular formula is C19H17FeN+2. The Morgan fingerprint density at radius 3 is 2.10 bits per heavy atom. The third-order valence-electron chi connectivity index (χ3n) is 2.94. The Morgan fingerprint density at radius 1 is 0.857 bits per heavy atom. The number of allylic oxidation sites excluding steroid dienone is 1. The van der Waals surface area contributed by atoms with Crippen molar-refractivity contribution in [1.29, 1.82) is 0 Å². The fourth-order valence-corrected chi connectivity index (χ4v) is 1.96. The molecule has 0 aliphatic heterocycles. The zero-order valence-electron chi connectivity index (χ0n) is 11.7. The van der Waals surface area contributed by atoms with Crippen molar-refractivity contribution in [2.45, 2.75) is 0 Å². The molecule has 2 saturated carbocycles. The van der Waals surface area contributed by atoms with Gasteiger partial charge >= 0.3 is 17.1 Å². The van der Waals surface area contributed by atoms with Gasteiger partial charge in [-0.1, -0.05) is 24.8 Å². The third kappa shape index (κ3) is 5.13. The zero-order valence-corrected chi connectivity index (χ0v) is 12.8. The minimum absolute atomic E-state index is 0. The first-order valence-electron chi connectivity index (χ1n) is 6.49. The topological polar surface area (TPSA) is 12.9 Å². The molecule has 1 aromatic heterocycles. The Bertz CT molecular complexity index is 429. The minimum atomic E-state index is 0. The summed E-state index contributed by atoms with van der Waals surface area (Å²) in [7, 11) is 0. The third-order valence-corrected chi connectivity index (χ3v) is 2.94. The van der Waals surface area contributed by atoms with Crippen LogP contribution in [-0.2, 0) is 17.1 Å². The Labute approximate surface area is 140 Å². The Morgan fingerprint density at radius 2 is 1.52 bits per heavy atom. The summed E-state index contributed by atoms with van der Waals surface area (Å²) in [5.74, 6) is 2.22. The summed E-state index contributed by atoms with van der Waals surface area (Å²) >= 11 is 0. The van der Waals surface area contributed by atoms with E-state index in [2.05, 4.69) is 18.1 Å². The standard InChI is InChI=1S/C14H12N.C5H5.Fe/c1-3-11-7-5-9-13(11)14-12(4-2)8-6-10-15-14;1-2-4-5-3-1;/h3-10H,1-2H2;1-5H;/q;;+2. The monoisotopic (exact) mass is 315 g/mol. The molecular weight excluding hydrogens is 298 g/mol. The maximum Gasteiger partial charge on any atom is 2.00 e. The zero-order chi connectivity index (χ0) is 14.2. The molecule has 1 heterocycles. The Kier molecular flexibility index (Phi) is 8.64. The van der Waals surface area contributed by atoms with Gasteiger partial charge in [0.1, 0.15) is 0 Å². The number of rotatable bonds is 3. The maximum atomic E-state index is 4.38. The molecule has 0 atom stereocenters. The molecule has 0 aromatic carbocycles. The van der Waals surface area contributed by atoms with Gasteiger partial charge in [0.05, 0.1) is 5.69 Å². The minimum Gasteiger partial charge on any atom is -0.260 e. The van der Waals surface area contributed by atoms with Crippen molar-refractivity contribution >= 4 is 6.08 Å². The molecule has 2 fully saturated rings. The van der Waals surface area contributed by atoms with Gasteiger partial charge in [-0.3, -0.25) is 4.98 Å². The summed E-state index contributed by atoms with van der Waals surface area (Å²) in [6, 6.07) is 3.92. The van der Waals surface area contributed by atoms with Gasteiger partial charge in [-0.05, 0) is 63.0 Å². The molecule has 0 unspecified atom stereocenters. The molecule has 21 heavy (non-hydrogen) atoms. The summed E-state index contributed by atoms with van der Waals surface area (Å²) in [6.07, 6.45) is 21.5. The Hall–Kier alpha value is -0.851. The van der Waals surface area contributed by atoms with Gasteiger partial charge in [0.2, 0.25) is 0 Å². The van der Waals surface area contributed by atoms with E-state index in [1.807, 2.05) is 75.7 Å². The Balaban J connectivity index is 0.000000313. The molecule has 0 saturated heterocycles. The van der Waals surface area contributed by atoms with Crippen molar-refractivity contribution < 1.29 is 17.1 Å². The van der Waals surface area contributed by atoms with Crippen molar-refractivity contribution in [3.63, 3.8) is 0 Å². The van der Waals surface area contributed by atoms with Crippen LogP contribution in [0.15, 0.2) is 37.6 Å². The molecule has 3 rings (SSSR count). The fourth-order valence-electron chi connectivity index (χ4n) is 1.96. The van der Waals surface area contributed by atoms with Crippen LogP contribution in [0.5, 0.6) is 0 Å². The second kappa shape index (κ2) is 9.97. The number of hydrogen-bond acceptors (Lipinski definition) is 1. The first-order valence-corrected chi connectivity index (χ1v) is 6.49. The van der Waals surface area contributed by atoms with Crippen LogP contribution in [0.4, 0.5) is 0 Å². The average molecular weight is 315 g/mol. The van der Waals surface area contributed by atoms with Crippen LogP contribution in [0.1, 0.15) is 11.3 Å². The van der Waals surface area contributed by atoms with Crippen LogP contribution in [0.25, 0.3) is 6.08 Å². The normalized spacial score (nSPS) is 18.5. The van der Waals surface area contributed by atoms with E-state index in [4.69, 9.17) is 0 Å². The molecule has 1 aromatic rings. The van der Waals surface area contributed by atoms with Crippen molar-refractivity contribution in [2.75, 3.05) is 0 Å². The fraction of sp³-hybridized carbons (Fsp3) is 0. The number of hydrogen-bond donors (Lipinski definition) is 0. The van der Waals surface area contributed by atoms with E-state index in [0.717, 1.165) is 23.1 Å². The summed E-state index contributed by atoms with van der Waals surface area (Å²) in [6.45, 7) is 7.58. The predicted octanol–water partition coefficient (Wildman–Crippen LogP) is 4.05. The summed E-state index contributed by atoms with van der Waals surface area (Å²) in [5, 5.41) is 0. The predicted molar refractivity (Wildman–Crippen MR) is 84.5 cm³/mol. The number of aromatic nitrogens is 1. The van der Waals surface area contributed by atoms with Crippen molar-refractivity contribution in [3.05, 3.63) is 112 Å². The molecule has 0 amide bonds. The molecule has 0 bridgehead atoms. The van der Waals surface area contributed by atoms with E-state index in [0.29, 0.717) is 0 Å². The average Bonchev–Trinajstić information content (AvgIpc) is 3.20. The molecule has 2 heteroatoms. The summed E-state index contributed by atoms with van der Waals surface area (Å²) in [5.41, 5.74) is 2.01. The molecule has 2 aliphatic rings. The first-order chi connectivity index (χ1) is 9.86. The molecule has 0 N–H and O–H groups in total. The van der Waals surface area contributed by atoms with Crippen LogP contribution >= 0.6 is 0 Å². The largest absolute Gasteiger partial charge is 2.00 e. The van der Waals surface area contributed by atoms with E-state index in [9.17, 15) is 0 Å². The van der Waals surface area contributed by atoms with Crippen LogP contribution in [0, 0.1) is 63.2 Å². The van der Waals surface area contributed by atoms with Crippen LogP contribution in [0.3, 0.4) is 0 Å². The van der Waals surface area contributed by atoms with Gasteiger partial charge in [0.15, 0.2) is 0 Å². The molecule has 2 aliphatic carbocycles. The van der Waals surface area contributed by atoms with Gasteiger partial charge < -0.3 is 0 Å². The van der Waals surface area contributed by atoms with Crippen LogP contribution in [-0.4, -0.2) is 4.98 Å². The van der Waals surface area contributed by atoms with Gasteiger partial charge in [-0.15, -0.1) is 6.58 Å². The van der Waals surface area contributed by atoms with E-state index >= 15 is 0 Å². The van der Waals surface area contributed by atoms with Gasteiger partial charge in [0.25, 0.3) is 0 Å². The number of nitrogens with zero attached hydrogens (tertiary/aromatic N) is 1. The van der Waals surface area contributed by atoms with Crippen molar-refractivity contribution in [2.24, 2.45) is 0 Å². The van der Waals surface area contributed by atoms with Gasteiger partial charge in [-0.25, -0.2) is 0 Å². The van der Waals surface area contributed by atoms with Crippen molar-refractivity contribution in [3.8, 4) is 0 Å².